The minimum absolute atomic E-state index is 0.128. The van der Waals surface area contributed by atoms with Gasteiger partial charge in [-0.3, -0.25) is 4.57 Å². The quantitative estimate of drug-likeness (QED) is 0.161. The molecule has 0 unspecified atom stereocenters. The third-order valence-electron chi connectivity index (χ3n) is 11.6. The molecule has 0 atom stereocenters. The van der Waals surface area contributed by atoms with Gasteiger partial charge in [0.1, 0.15) is 28.5 Å². The maximum atomic E-state index is 6.95. The van der Waals surface area contributed by atoms with E-state index >= 15 is 0 Å². The van der Waals surface area contributed by atoms with E-state index in [1.807, 2.05) is 24.4 Å². The first-order valence-electron chi connectivity index (χ1n) is 20.5. The molecule has 60 heavy (non-hydrogen) atoms. The molecule has 0 N–H and O–H groups in total. The molecule has 1 aliphatic heterocycles. The Labute approximate surface area is 348 Å². The Hall–Kier alpha value is -7.57. The zero-order valence-corrected chi connectivity index (χ0v) is 33.7. The number of nitrogens with zero attached hydrogens (tertiary/aromatic N) is 4. The Morgan fingerprint density at radius 1 is 0.533 bits per heavy atom. The van der Waals surface area contributed by atoms with Crippen LogP contribution >= 0.6 is 0 Å². The number of hydrogen-bond acceptors (Lipinski definition) is 5. The van der Waals surface area contributed by atoms with E-state index in [9.17, 15) is 0 Å². The second-order valence-corrected chi connectivity index (χ2v) is 16.6. The Bertz CT molecular complexity index is 3250. The van der Waals surface area contributed by atoms with Gasteiger partial charge < -0.3 is 19.0 Å². The van der Waals surface area contributed by atoms with Gasteiger partial charge in [-0.2, -0.15) is 0 Å². The molecule has 6 heteroatoms. The third kappa shape index (κ3) is 6.25. The number of aromatic nitrogens is 2. The van der Waals surface area contributed by atoms with Crippen LogP contribution in [0.3, 0.4) is 0 Å². The predicted molar refractivity (Wildman–Crippen MR) is 247 cm³/mol. The summed E-state index contributed by atoms with van der Waals surface area (Å²) in [5.41, 5.74) is 11.6. The monoisotopic (exact) mass is 778 g/mol. The van der Waals surface area contributed by atoms with Crippen molar-refractivity contribution in [3.8, 4) is 28.4 Å². The van der Waals surface area contributed by atoms with Crippen LogP contribution in [0.5, 0.6) is 11.5 Å². The van der Waals surface area contributed by atoms with Gasteiger partial charge in [0.15, 0.2) is 0 Å². The second kappa shape index (κ2) is 14.1. The molecule has 6 nitrogen and oxygen atoms in total. The highest BCUT2D eigenvalue weighted by Gasteiger charge is 2.27. The van der Waals surface area contributed by atoms with Crippen LogP contribution in [0.25, 0.3) is 66.4 Å². The number of ether oxygens (including phenoxy) is 1. The lowest BCUT2D eigenvalue weighted by atomic mass is 9.86. The zero-order valence-electron chi connectivity index (χ0n) is 33.7. The summed E-state index contributed by atoms with van der Waals surface area (Å²) in [6.07, 6.45) is 4.18. The van der Waals surface area contributed by atoms with Crippen LogP contribution in [-0.4, -0.2) is 16.2 Å². The van der Waals surface area contributed by atoms with Crippen molar-refractivity contribution in [2.45, 2.75) is 26.2 Å². The molecule has 0 radical (unpaired) electrons. The maximum absolute atomic E-state index is 6.95. The highest BCUT2D eigenvalue weighted by Crippen LogP contribution is 2.42. The standard InChI is InChI=1S/C54H42N4O2/c1-54(2,3)39-28-41(57-35-56(40-19-11-6-12-20-40)34-50(57)37-17-9-5-10-18-37)30-43(29-39)59-42-24-25-44-46-27-38(36-15-7-4-8-16-36)23-26-48(46)58(49(44)31-42)53-32-52-47(33-55-53)45-21-13-14-22-51(45)60-52/h4-34H,35H2,1-3H3. The van der Waals surface area contributed by atoms with E-state index in [1.165, 1.54) is 11.1 Å². The first kappa shape index (κ1) is 35.6. The fraction of sp³-hybridized carbons (Fsp3) is 0.0926. The average molecular weight is 779 g/mol. The summed E-state index contributed by atoms with van der Waals surface area (Å²) in [5, 5.41) is 4.30. The number of anilines is 2. The van der Waals surface area contributed by atoms with Crippen molar-refractivity contribution in [3.05, 3.63) is 199 Å². The van der Waals surface area contributed by atoms with Crippen LogP contribution in [0.4, 0.5) is 11.4 Å². The molecule has 10 aromatic rings. The molecule has 7 aromatic carbocycles. The maximum Gasteiger partial charge on any atom is 0.141 e. The minimum Gasteiger partial charge on any atom is -0.457 e. The highest BCUT2D eigenvalue weighted by atomic mass is 16.5. The molecule has 290 valence electrons. The summed E-state index contributed by atoms with van der Waals surface area (Å²) < 4.78 is 15.5. The van der Waals surface area contributed by atoms with Crippen LogP contribution < -0.4 is 14.5 Å². The lowest BCUT2D eigenvalue weighted by molar-refractivity contribution is 0.479. The van der Waals surface area contributed by atoms with Crippen molar-refractivity contribution >= 4 is 60.8 Å². The number of fused-ring (bicyclic) bond motifs is 6. The Morgan fingerprint density at radius 2 is 1.27 bits per heavy atom. The first-order chi connectivity index (χ1) is 29.3. The summed E-state index contributed by atoms with van der Waals surface area (Å²) in [6, 6.07) is 61.6. The van der Waals surface area contributed by atoms with Crippen molar-refractivity contribution in [2.24, 2.45) is 0 Å². The molecule has 0 spiro atoms. The number of para-hydroxylation sites is 2. The second-order valence-electron chi connectivity index (χ2n) is 16.6. The van der Waals surface area contributed by atoms with Gasteiger partial charge in [0, 0.05) is 63.5 Å². The Kier molecular flexibility index (Phi) is 8.34. The van der Waals surface area contributed by atoms with Gasteiger partial charge in [-0.25, -0.2) is 4.98 Å². The van der Waals surface area contributed by atoms with E-state index in [-0.39, 0.29) is 5.41 Å². The lowest BCUT2D eigenvalue weighted by Crippen LogP contribution is -2.26. The summed E-state index contributed by atoms with van der Waals surface area (Å²) in [4.78, 5) is 9.76. The van der Waals surface area contributed by atoms with Crippen LogP contribution in [0, 0.1) is 0 Å². The van der Waals surface area contributed by atoms with Gasteiger partial charge in [-0.05, 0) is 82.3 Å². The van der Waals surface area contributed by atoms with E-state index in [0.717, 1.165) is 89.3 Å². The summed E-state index contributed by atoms with van der Waals surface area (Å²) in [5.74, 6) is 2.29. The molecule has 4 heterocycles. The molecule has 0 amide bonds. The van der Waals surface area contributed by atoms with E-state index in [1.54, 1.807) is 0 Å². The molecule has 0 bridgehead atoms. The van der Waals surface area contributed by atoms with Crippen molar-refractivity contribution in [2.75, 3.05) is 16.5 Å². The van der Waals surface area contributed by atoms with Gasteiger partial charge in [0.05, 0.1) is 23.4 Å². The number of hydrogen-bond donors (Lipinski definition) is 0. The lowest BCUT2D eigenvalue weighted by Gasteiger charge is -2.28. The van der Waals surface area contributed by atoms with Crippen LogP contribution in [0.15, 0.2) is 193 Å². The fourth-order valence-electron chi connectivity index (χ4n) is 8.54. The van der Waals surface area contributed by atoms with E-state index in [0.29, 0.717) is 6.67 Å². The SMILES string of the molecule is CC(C)(C)c1cc(Oc2ccc3c4cc(-c5ccccc5)ccc4n(-c4cc5oc6ccccc6c5cn4)c3c2)cc(N2CN(c3ccccc3)C=C2c2ccccc2)c1. The van der Waals surface area contributed by atoms with Gasteiger partial charge in [-0.15, -0.1) is 0 Å². The third-order valence-corrected chi connectivity index (χ3v) is 11.6. The molecule has 0 saturated carbocycles. The summed E-state index contributed by atoms with van der Waals surface area (Å²) in [6.45, 7) is 7.43. The first-order valence-corrected chi connectivity index (χ1v) is 20.5. The van der Waals surface area contributed by atoms with Crippen molar-refractivity contribution in [1.29, 1.82) is 0 Å². The predicted octanol–water partition coefficient (Wildman–Crippen LogP) is 14.1. The van der Waals surface area contributed by atoms with Crippen molar-refractivity contribution in [3.63, 3.8) is 0 Å². The topological polar surface area (TPSA) is 46.7 Å². The van der Waals surface area contributed by atoms with E-state index < -0.39 is 0 Å². The van der Waals surface area contributed by atoms with Crippen LogP contribution in [0.2, 0.25) is 0 Å². The van der Waals surface area contributed by atoms with Crippen molar-refractivity contribution in [1.82, 2.24) is 9.55 Å². The summed E-state index contributed by atoms with van der Waals surface area (Å²) in [7, 11) is 0. The number of pyridine rings is 1. The van der Waals surface area contributed by atoms with Gasteiger partial charge in [0.2, 0.25) is 0 Å². The van der Waals surface area contributed by atoms with E-state index in [2.05, 4.69) is 199 Å². The van der Waals surface area contributed by atoms with Crippen molar-refractivity contribution < 1.29 is 9.15 Å². The number of benzene rings is 7. The summed E-state index contributed by atoms with van der Waals surface area (Å²) >= 11 is 0. The molecular weight excluding hydrogens is 737 g/mol. The largest absolute Gasteiger partial charge is 0.457 e. The van der Waals surface area contributed by atoms with Crippen LogP contribution in [0.1, 0.15) is 31.9 Å². The van der Waals surface area contributed by atoms with Crippen LogP contribution in [-0.2, 0) is 5.41 Å². The smallest absolute Gasteiger partial charge is 0.141 e. The molecule has 0 saturated heterocycles. The molecule has 11 rings (SSSR count). The number of furan rings is 1. The number of rotatable bonds is 7. The highest BCUT2D eigenvalue weighted by molar-refractivity contribution is 6.11. The normalized spacial score (nSPS) is 13.2. The average Bonchev–Trinajstić information content (AvgIpc) is 3.99. The van der Waals surface area contributed by atoms with Gasteiger partial charge >= 0.3 is 0 Å². The van der Waals surface area contributed by atoms with E-state index in [4.69, 9.17) is 14.1 Å². The minimum atomic E-state index is -0.128. The molecule has 0 fully saturated rings. The zero-order chi connectivity index (χ0) is 40.4. The molecular formula is C54H42N4O2. The van der Waals surface area contributed by atoms with Gasteiger partial charge in [0.25, 0.3) is 0 Å². The fourth-order valence-corrected chi connectivity index (χ4v) is 8.54. The molecule has 0 aliphatic carbocycles. The molecule has 3 aromatic heterocycles. The Morgan fingerprint density at radius 3 is 2.05 bits per heavy atom. The molecule has 1 aliphatic rings. The Balaban J connectivity index is 1.04. The van der Waals surface area contributed by atoms with Gasteiger partial charge in [-0.1, -0.05) is 124 Å².